The van der Waals surface area contributed by atoms with Gasteiger partial charge in [-0.2, -0.15) is 0 Å². The molecule has 0 radical (unpaired) electrons. The normalized spacial score (nSPS) is 10.8. The molecule has 0 bridgehead atoms. The highest BCUT2D eigenvalue weighted by atomic mass is 14.9. The van der Waals surface area contributed by atoms with Gasteiger partial charge in [0.1, 0.15) is 0 Å². The number of pyridine rings is 1. The first-order valence-corrected chi connectivity index (χ1v) is 9.29. The summed E-state index contributed by atoms with van der Waals surface area (Å²) in [6, 6.07) is 29.4. The van der Waals surface area contributed by atoms with Crippen LogP contribution in [-0.2, 0) is 19.6 Å². The van der Waals surface area contributed by atoms with Gasteiger partial charge in [0.05, 0.1) is 5.52 Å². The SMILES string of the molecule is c1ccc(CNCc2ccccc2CNc2ccnc3ccccc23)cc1. The van der Waals surface area contributed by atoms with Gasteiger partial charge in [0, 0.05) is 36.9 Å². The molecule has 3 heteroatoms. The van der Waals surface area contributed by atoms with Crippen molar-refractivity contribution in [3.05, 3.63) is 108 Å². The highest BCUT2D eigenvalue weighted by Crippen LogP contribution is 2.22. The van der Waals surface area contributed by atoms with E-state index in [-0.39, 0.29) is 0 Å². The van der Waals surface area contributed by atoms with Crippen LogP contribution < -0.4 is 10.6 Å². The van der Waals surface area contributed by atoms with Crippen molar-refractivity contribution < 1.29 is 0 Å². The Hall–Kier alpha value is -3.17. The van der Waals surface area contributed by atoms with E-state index in [1.807, 2.05) is 30.5 Å². The van der Waals surface area contributed by atoms with Crippen molar-refractivity contribution >= 4 is 16.6 Å². The van der Waals surface area contributed by atoms with Crippen molar-refractivity contribution in [1.82, 2.24) is 10.3 Å². The molecule has 3 nitrogen and oxygen atoms in total. The number of hydrogen-bond donors (Lipinski definition) is 2. The molecule has 4 aromatic rings. The van der Waals surface area contributed by atoms with E-state index in [4.69, 9.17) is 0 Å². The van der Waals surface area contributed by atoms with Crippen LogP contribution in [0.15, 0.2) is 91.1 Å². The quantitative estimate of drug-likeness (QED) is 0.483. The van der Waals surface area contributed by atoms with Crippen LogP contribution in [0, 0.1) is 0 Å². The van der Waals surface area contributed by atoms with Gasteiger partial charge in [-0.05, 0) is 28.8 Å². The molecule has 0 spiro atoms. The standard InChI is InChI=1S/C24H23N3/c1-2-8-19(9-3-1)16-25-17-20-10-4-5-11-21(20)18-27-24-14-15-26-23-13-7-6-12-22(23)24/h1-15,25H,16-18H2,(H,26,27). The predicted molar refractivity (Wildman–Crippen MR) is 112 cm³/mol. The molecule has 134 valence electrons. The second-order valence-corrected chi connectivity index (χ2v) is 6.59. The Balaban J connectivity index is 1.43. The maximum atomic E-state index is 4.43. The second kappa shape index (κ2) is 8.47. The molecule has 1 aromatic heterocycles. The van der Waals surface area contributed by atoms with E-state index in [1.54, 1.807) is 0 Å². The third-order valence-corrected chi connectivity index (χ3v) is 4.72. The number of hydrogen-bond acceptors (Lipinski definition) is 3. The molecule has 0 amide bonds. The number of aromatic nitrogens is 1. The van der Waals surface area contributed by atoms with Crippen molar-refractivity contribution in [2.45, 2.75) is 19.6 Å². The van der Waals surface area contributed by atoms with Crippen LogP contribution in [0.1, 0.15) is 16.7 Å². The lowest BCUT2D eigenvalue weighted by Gasteiger charge is -2.13. The zero-order chi connectivity index (χ0) is 18.3. The molecule has 0 aliphatic rings. The Kier molecular flexibility index (Phi) is 5.42. The van der Waals surface area contributed by atoms with Crippen LogP contribution in [-0.4, -0.2) is 4.98 Å². The van der Waals surface area contributed by atoms with E-state index in [0.29, 0.717) is 0 Å². The van der Waals surface area contributed by atoms with Gasteiger partial charge in [-0.25, -0.2) is 0 Å². The van der Waals surface area contributed by atoms with Crippen molar-refractivity contribution in [3.8, 4) is 0 Å². The van der Waals surface area contributed by atoms with Gasteiger partial charge < -0.3 is 10.6 Å². The summed E-state index contributed by atoms with van der Waals surface area (Å²) in [5.74, 6) is 0. The third-order valence-electron chi connectivity index (χ3n) is 4.72. The lowest BCUT2D eigenvalue weighted by molar-refractivity contribution is 0.689. The Morgan fingerprint density at radius 1 is 0.630 bits per heavy atom. The van der Waals surface area contributed by atoms with Gasteiger partial charge >= 0.3 is 0 Å². The maximum absolute atomic E-state index is 4.43. The second-order valence-electron chi connectivity index (χ2n) is 6.59. The average Bonchev–Trinajstić information content (AvgIpc) is 2.74. The zero-order valence-corrected chi connectivity index (χ0v) is 15.2. The Bertz CT molecular complexity index is 1010. The fourth-order valence-electron chi connectivity index (χ4n) is 3.28. The fourth-order valence-corrected chi connectivity index (χ4v) is 3.28. The Morgan fingerprint density at radius 3 is 2.19 bits per heavy atom. The van der Waals surface area contributed by atoms with Crippen LogP contribution in [0.3, 0.4) is 0 Å². The summed E-state index contributed by atoms with van der Waals surface area (Å²) in [5.41, 5.74) is 6.06. The number of para-hydroxylation sites is 1. The van der Waals surface area contributed by atoms with Crippen molar-refractivity contribution in [2.75, 3.05) is 5.32 Å². The number of anilines is 1. The van der Waals surface area contributed by atoms with Gasteiger partial charge in [-0.3, -0.25) is 4.98 Å². The van der Waals surface area contributed by atoms with E-state index in [9.17, 15) is 0 Å². The van der Waals surface area contributed by atoms with Crippen LogP contribution in [0.4, 0.5) is 5.69 Å². The Labute approximate surface area is 160 Å². The van der Waals surface area contributed by atoms with Gasteiger partial charge in [0.2, 0.25) is 0 Å². The number of benzene rings is 3. The molecule has 4 rings (SSSR count). The van der Waals surface area contributed by atoms with E-state index in [2.05, 4.69) is 76.3 Å². The van der Waals surface area contributed by atoms with Crippen molar-refractivity contribution in [2.24, 2.45) is 0 Å². The smallest absolute Gasteiger partial charge is 0.0722 e. The molecular weight excluding hydrogens is 330 g/mol. The molecule has 0 fully saturated rings. The lowest BCUT2D eigenvalue weighted by Crippen LogP contribution is -2.15. The molecule has 0 aliphatic carbocycles. The molecule has 0 unspecified atom stereocenters. The monoisotopic (exact) mass is 353 g/mol. The largest absolute Gasteiger partial charge is 0.380 e. The van der Waals surface area contributed by atoms with Gasteiger partial charge in [0.15, 0.2) is 0 Å². The summed E-state index contributed by atoms with van der Waals surface area (Å²) in [7, 11) is 0. The number of nitrogens with one attached hydrogen (secondary N) is 2. The van der Waals surface area contributed by atoms with Gasteiger partial charge in [0.25, 0.3) is 0 Å². The van der Waals surface area contributed by atoms with E-state index < -0.39 is 0 Å². The minimum Gasteiger partial charge on any atom is -0.380 e. The highest BCUT2D eigenvalue weighted by molar-refractivity contribution is 5.90. The van der Waals surface area contributed by atoms with Crippen LogP contribution in [0.2, 0.25) is 0 Å². The van der Waals surface area contributed by atoms with Gasteiger partial charge in [-0.1, -0.05) is 72.8 Å². The minimum atomic E-state index is 0.789. The van der Waals surface area contributed by atoms with E-state index in [1.165, 1.54) is 16.7 Å². The topological polar surface area (TPSA) is 37.0 Å². The first-order valence-electron chi connectivity index (χ1n) is 9.29. The molecule has 2 N–H and O–H groups in total. The summed E-state index contributed by atoms with van der Waals surface area (Å²) < 4.78 is 0. The third kappa shape index (κ3) is 4.33. The average molecular weight is 353 g/mol. The number of fused-ring (bicyclic) bond motifs is 1. The zero-order valence-electron chi connectivity index (χ0n) is 15.2. The predicted octanol–water partition coefficient (Wildman–Crippen LogP) is 5.14. The molecule has 1 heterocycles. The molecule has 27 heavy (non-hydrogen) atoms. The summed E-state index contributed by atoms with van der Waals surface area (Å²) in [4.78, 5) is 4.43. The van der Waals surface area contributed by atoms with E-state index >= 15 is 0 Å². The number of rotatable bonds is 7. The van der Waals surface area contributed by atoms with E-state index in [0.717, 1.165) is 36.2 Å². The van der Waals surface area contributed by atoms with Crippen LogP contribution in [0.5, 0.6) is 0 Å². The fraction of sp³-hybridized carbons (Fsp3) is 0.125. The van der Waals surface area contributed by atoms with Crippen LogP contribution in [0.25, 0.3) is 10.9 Å². The molecule has 0 aliphatic heterocycles. The molecule has 0 saturated carbocycles. The van der Waals surface area contributed by atoms with Gasteiger partial charge in [-0.15, -0.1) is 0 Å². The molecular formula is C24H23N3. The lowest BCUT2D eigenvalue weighted by atomic mass is 10.1. The molecule has 0 saturated heterocycles. The first kappa shape index (κ1) is 17.3. The summed E-state index contributed by atoms with van der Waals surface area (Å²) in [5, 5.41) is 8.29. The first-order chi connectivity index (χ1) is 13.4. The van der Waals surface area contributed by atoms with Crippen molar-refractivity contribution in [3.63, 3.8) is 0 Å². The molecule has 0 atom stereocenters. The summed E-state index contributed by atoms with van der Waals surface area (Å²) >= 11 is 0. The van der Waals surface area contributed by atoms with Crippen LogP contribution >= 0.6 is 0 Å². The molecule has 3 aromatic carbocycles. The summed E-state index contributed by atoms with van der Waals surface area (Å²) in [6.07, 6.45) is 1.86. The number of nitrogens with zero attached hydrogens (tertiary/aromatic N) is 1. The Morgan fingerprint density at radius 2 is 1.33 bits per heavy atom. The van der Waals surface area contributed by atoms with Crippen molar-refractivity contribution in [1.29, 1.82) is 0 Å². The maximum Gasteiger partial charge on any atom is 0.0722 e. The summed E-state index contributed by atoms with van der Waals surface area (Å²) in [6.45, 7) is 2.51. The highest BCUT2D eigenvalue weighted by Gasteiger charge is 2.04. The minimum absolute atomic E-state index is 0.789.